The lowest BCUT2D eigenvalue weighted by Gasteiger charge is -2.30. The number of ether oxygens (including phenoxy) is 2. The number of allylic oxidation sites excluding steroid dienone is 3. The topological polar surface area (TPSA) is 107 Å². The first-order chi connectivity index (χ1) is 14.3. The maximum Gasteiger partial charge on any atom is 0.343 e. The Morgan fingerprint density at radius 1 is 1.13 bits per heavy atom. The van der Waals surface area contributed by atoms with Gasteiger partial charge in [-0.25, -0.2) is 9.59 Å². The molecule has 3 rings (SSSR count). The van der Waals surface area contributed by atoms with Gasteiger partial charge in [-0.05, 0) is 37.1 Å². The molecule has 30 heavy (non-hydrogen) atoms. The summed E-state index contributed by atoms with van der Waals surface area (Å²) in [5.41, 5.74) is -0.742. The lowest BCUT2D eigenvalue weighted by Crippen LogP contribution is -2.41. The van der Waals surface area contributed by atoms with E-state index in [1.165, 1.54) is 25.3 Å². The highest BCUT2D eigenvalue weighted by Crippen LogP contribution is 2.44. The molecule has 0 radical (unpaired) electrons. The third kappa shape index (κ3) is 4.06. The molecule has 0 saturated heterocycles. The highest BCUT2D eigenvalue weighted by molar-refractivity contribution is 6.24. The molecule has 2 heterocycles. The van der Waals surface area contributed by atoms with Gasteiger partial charge in [0.05, 0.1) is 5.57 Å². The molecule has 3 aliphatic rings. The third-order valence-electron chi connectivity index (χ3n) is 5.36. The van der Waals surface area contributed by atoms with Crippen LogP contribution in [0.25, 0.3) is 0 Å². The average Bonchev–Trinajstić information content (AvgIpc) is 2.96. The van der Waals surface area contributed by atoms with Crippen molar-refractivity contribution in [2.45, 2.75) is 58.0 Å². The van der Waals surface area contributed by atoms with E-state index in [4.69, 9.17) is 14.6 Å². The van der Waals surface area contributed by atoms with Gasteiger partial charge in [0.15, 0.2) is 11.4 Å². The Morgan fingerprint density at radius 3 is 2.57 bits per heavy atom. The molecule has 1 N–H and O–H groups in total. The Morgan fingerprint density at radius 2 is 1.87 bits per heavy atom. The van der Waals surface area contributed by atoms with Crippen molar-refractivity contribution in [3.05, 3.63) is 58.6 Å². The predicted octanol–water partition coefficient (Wildman–Crippen LogP) is 3.48. The van der Waals surface area contributed by atoms with Crippen LogP contribution in [0.15, 0.2) is 58.6 Å². The lowest BCUT2D eigenvalue weighted by atomic mass is 9.77. The molecule has 0 fully saturated rings. The van der Waals surface area contributed by atoms with Crippen LogP contribution < -0.4 is 0 Å². The van der Waals surface area contributed by atoms with Gasteiger partial charge in [-0.1, -0.05) is 32.6 Å². The van der Waals surface area contributed by atoms with Crippen molar-refractivity contribution in [1.82, 2.24) is 0 Å². The summed E-state index contributed by atoms with van der Waals surface area (Å²) in [6.45, 7) is 3.58. The van der Waals surface area contributed by atoms with Gasteiger partial charge in [-0.2, -0.15) is 0 Å². The summed E-state index contributed by atoms with van der Waals surface area (Å²) in [6, 6.07) is 0. The molecule has 0 bridgehead atoms. The van der Waals surface area contributed by atoms with Crippen LogP contribution in [0.5, 0.6) is 0 Å². The van der Waals surface area contributed by atoms with E-state index in [0.717, 1.165) is 31.8 Å². The van der Waals surface area contributed by atoms with E-state index in [2.05, 4.69) is 6.92 Å². The lowest BCUT2D eigenvalue weighted by molar-refractivity contribution is -0.153. The fourth-order valence-corrected chi connectivity index (χ4v) is 3.71. The SMILES string of the molecule is CCCCCCCC(=O)C1=C2C=C3C=C(/C=C\C(=O)O)OC=C3C(=O)C2(C)OC1=O. The molecule has 0 aromatic carbocycles. The highest BCUT2D eigenvalue weighted by atomic mass is 16.6. The summed E-state index contributed by atoms with van der Waals surface area (Å²) in [5, 5.41) is 8.77. The number of aliphatic carboxylic acids is 1. The molecule has 158 valence electrons. The van der Waals surface area contributed by atoms with Crippen molar-refractivity contribution in [3.8, 4) is 0 Å². The monoisotopic (exact) mass is 412 g/mol. The van der Waals surface area contributed by atoms with E-state index in [0.29, 0.717) is 12.0 Å². The Hall–Kier alpha value is -3.22. The minimum absolute atomic E-state index is 0.0737. The molecule has 1 aliphatic carbocycles. The third-order valence-corrected chi connectivity index (χ3v) is 5.36. The molecular formula is C23H24O7. The fourth-order valence-electron chi connectivity index (χ4n) is 3.71. The molecule has 1 atom stereocenters. The fraction of sp³-hybridized carbons (Fsp3) is 0.391. The number of carbonyl (C=O) groups excluding carboxylic acids is 3. The molecule has 2 aliphatic heterocycles. The van der Waals surface area contributed by atoms with Gasteiger partial charge in [0, 0.05) is 18.1 Å². The van der Waals surface area contributed by atoms with Gasteiger partial charge in [0.1, 0.15) is 17.6 Å². The predicted molar refractivity (Wildman–Crippen MR) is 107 cm³/mol. The Bertz CT molecular complexity index is 958. The summed E-state index contributed by atoms with van der Waals surface area (Å²) in [4.78, 5) is 49.0. The zero-order valence-corrected chi connectivity index (χ0v) is 17.0. The van der Waals surface area contributed by atoms with Gasteiger partial charge in [-0.15, -0.1) is 0 Å². The van der Waals surface area contributed by atoms with E-state index in [-0.39, 0.29) is 34.7 Å². The van der Waals surface area contributed by atoms with Crippen LogP contribution in [0, 0.1) is 0 Å². The molecule has 0 spiro atoms. The normalized spacial score (nSPS) is 22.7. The Labute approximate surface area is 174 Å². The maximum absolute atomic E-state index is 13.0. The number of hydrogen-bond acceptors (Lipinski definition) is 6. The zero-order valence-electron chi connectivity index (χ0n) is 17.0. The van der Waals surface area contributed by atoms with Crippen molar-refractivity contribution in [2.24, 2.45) is 0 Å². The molecular weight excluding hydrogens is 388 g/mol. The molecule has 1 unspecified atom stereocenters. The van der Waals surface area contributed by atoms with E-state index >= 15 is 0 Å². The smallest absolute Gasteiger partial charge is 0.343 e. The van der Waals surface area contributed by atoms with Crippen molar-refractivity contribution in [3.63, 3.8) is 0 Å². The number of carboxylic acids is 1. The summed E-state index contributed by atoms with van der Waals surface area (Å²) in [6.07, 6.45) is 11.5. The number of unbranched alkanes of at least 4 members (excludes halogenated alkanes) is 4. The minimum Gasteiger partial charge on any atom is -0.478 e. The molecule has 7 heteroatoms. The van der Waals surface area contributed by atoms with Crippen LogP contribution in [-0.2, 0) is 28.7 Å². The van der Waals surface area contributed by atoms with Crippen LogP contribution in [0.4, 0.5) is 0 Å². The number of carboxylic acid groups (broad SMARTS) is 1. The van der Waals surface area contributed by atoms with Crippen molar-refractivity contribution < 1.29 is 33.8 Å². The number of esters is 1. The second-order valence-electron chi connectivity index (χ2n) is 7.60. The zero-order chi connectivity index (χ0) is 21.9. The number of hydrogen-bond donors (Lipinski definition) is 1. The van der Waals surface area contributed by atoms with Gasteiger partial charge in [-0.3, -0.25) is 9.59 Å². The summed E-state index contributed by atoms with van der Waals surface area (Å²) < 4.78 is 10.7. The standard InChI is InChI=1S/C23H24O7/c1-3-4-5-6-7-8-18(24)20-17-12-14-11-15(9-10-19(25)26)29-13-16(14)21(27)23(17,2)30-22(20)28/h9-13H,3-8H2,1-2H3,(H,25,26)/b10-9-. The highest BCUT2D eigenvalue weighted by Gasteiger charge is 2.54. The average molecular weight is 412 g/mol. The van der Waals surface area contributed by atoms with Gasteiger partial charge >= 0.3 is 11.9 Å². The number of ketones is 2. The van der Waals surface area contributed by atoms with Crippen LogP contribution in [-0.4, -0.2) is 34.2 Å². The second kappa shape index (κ2) is 8.65. The number of Topliss-reactive ketones (excluding diaryl/α,β-unsaturated/α-hetero) is 2. The first-order valence-electron chi connectivity index (χ1n) is 10.1. The first kappa shape index (κ1) is 21.5. The quantitative estimate of drug-likeness (QED) is 0.267. The van der Waals surface area contributed by atoms with Gasteiger partial charge in [0.25, 0.3) is 0 Å². The van der Waals surface area contributed by atoms with Gasteiger partial charge in [0.2, 0.25) is 5.78 Å². The van der Waals surface area contributed by atoms with Crippen molar-refractivity contribution in [1.29, 1.82) is 0 Å². The summed E-state index contributed by atoms with van der Waals surface area (Å²) >= 11 is 0. The molecule has 0 saturated carbocycles. The molecule has 0 aromatic rings. The largest absolute Gasteiger partial charge is 0.478 e. The molecule has 0 amide bonds. The number of fused-ring (bicyclic) bond motifs is 2. The maximum atomic E-state index is 13.0. The van der Waals surface area contributed by atoms with Crippen molar-refractivity contribution in [2.75, 3.05) is 0 Å². The first-order valence-corrected chi connectivity index (χ1v) is 10.1. The van der Waals surface area contributed by atoms with E-state index < -0.39 is 23.3 Å². The van der Waals surface area contributed by atoms with Crippen LogP contribution >= 0.6 is 0 Å². The van der Waals surface area contributed by atoms with Crippen LogP contribution in [0.3, 0.4) is 0 Å². The Balaban J connectivity index is 1.92. The number of carbonyl (C=O) groups is 4. The minimum atomic E-state index is -1.56. The molecule has 7 nitrogen and oxygen atoms in total. The van der Waals surface area contributed by atoms with Crippen LogP contribution in [0.2, 0.25) is 0 Å². The van der Waals surface area contributed by atoms with Gasteiger partial charge < -0.3 is 14.6 Å². The summed E-state index contributed by atoms with van der Waals surface area (Å²) in [7, 11) is 0. The second-order valence-corrected chi connectivity index (χ2v) is 7.60. The van der Waals surface area contributed by atoms with E-state index in [9.17, 15) is 19.2 Å². The van der Waals surface area contributed by atoms with Crippen molar-refractivity contribution >= 4 is 23.5 Å². The van der Waals surface area contributed by atoms with Crippen LogP contribution in [0.1, 0.15) is 52.4 Å². The van der Waals surface area contributed by atoms with E-state index in [1.807, 2.05) is 0 Å². The summed E-state index contributed by atoms with van der Waals surface area (Å²) in [5.74, 6) is -2.51. The molecule has 0 aromatic heterocycles. The Kier molecular flexibility index (Phi) is 6.20. The number of rotatable bonds is 9. The van der Waals surface area contributed by atoms with E-state index in [1.54, 1.807) is 6.08 Å².